The molecule has 1 aliphatic heterocycles. The molecule has 51 heavy (non-hydrogen) atoms. The van der Waals surface area contributed by atoms with Crippen LogP contribution in [0.1, 0.15) is 13.8 Å². The van der Waals surface area contributed by atoms with Gasteiger partial charge in [-0.2, -0.15) is 0 Å². The number of hydrogen-bond donors (Lipinski definition) is 0. The fraction of sp³-hybridized carbons (Fsp3) is 0.175. The van der Waals surface area contributed by atoms with Crippen molar-refractivity contribution in [2.45, 2.75) is 24.7 Å². The summed E-state index contributed by atoms with van der Waals surface area (Å²) in [5.74, 6) is -1.25. The zero-order valence-electron chi connectivity index (χ0n) is 28.3. The zero-order chi connectivity index (χ0) is 36.4. The van der Waals surface area contributed by atoms with Crippen LogP contribution in [0.15, 0.2) is 145 Å². The maximum atomic E-state index is 14.5. The number of esters is 1. The smallest absolute Gasteiger partial charge is 0.457 e. The molecule has 0 radical (unpaired) electrons. The summed E-state index contributed by atoms with van der Waals surface area (Å²) in [6, 6.07) is 36.5. The maximum Gasteiger partial charge on any atom is 0.508 e. The molecule has 6 rings (SSSR count). The molecular weight excluding hydrogens is 685 g/mol. The van der Waals surface area contributed by atoms with Crippen LogP contribution in [-0.4, -0.2) is 64.1 Å². The Bertz CT molecular complexity index is 1900. The topological polar surface area (TPSA) is 112 Å². The van der Waals surface area contributed by atoms with Crippen LogP contribution in [0, 0.1) is 0 Å². The van der Waals surface area contributed by atoms with Gasteiger partial charge in [0.1, 0.15) is 35.9 Å². The Morgan fingerprint density at radius 3 is 1.63 bits per heavy atom. The molecule has 2 aromatic heterocycles. The van der Waals surface area contributed by atoms with Gasteiger partial charge in [-0.15, -0.1) is 0 Å². The number of ether oxygens (including phenoxy) is 3. The average Bonchev–Trinajstić information content (AvgIpc) is 3.82. The number of carbonyl (C=O) groups excluding carboxylic acids is 4. The summed E-state index contributed by atoms with van der Waals surface area (Å²) < 4.78 is 19.7. The number of likely N-dealkylation sites (tertiary alicyclic amines) is 1. The van der Waals surface area contributed by atoms with Crippen molar-refractivity contribution in [2.24, 2.45) is 0 Å². The highest BCUT2D eigenvalue weighted by molar-refractivity contribution is 8.15. The number of rotatable bonds is 12. The molecule has 3 heterocycles. The van der Waals surface area contributed by atoms with Crippen LogP contribution < -0.4 is 15.9 Å². The van der Waals surface area contributed by atoms with E-state index in [1.54, 1.807) is 0 Å². The van der Waals surface area contributed by atoms with Crippen LogP contribution in [0.25, 0.3) is 11.2 Å². The number of β-lactam (4-membered cyclic amide) rings is 1. The van der Waals surface area contributed by atoms with Crippen molar-refractivity contribution in [3.05, 3.63) is 141 Å². The van der Waals surface area contributed by atoms with Crippen LogP contribution in [0.5, 0.6) is 0 Å². The van der Waals surface area contributed by atoms with E-state index in [0.717, 1.165) is 38.8 Å². The van der Waals surface area contributed by atoms with E-state index < -0.39 is 35.8 Å². The number of nitrogens with zero attached hydrogens (tertiary/aromatic N) is 1. The third-order valence-corrected chi connectivity index (χ3v) is 13.7. The molecule has 0 aliphatic carbocycles. The molecule has 1 fully saturated rings. The van der Waals surface area contributed by atoms with E-state index in [4.69, 9.17) is 18.6 Å². The zero-order valence-corrected chi connectivity index (χ0v) is 30.0. The highest BCUT2D eigenvalue weighted by Gasteiger charge is 2.62. The first-order valence-electron chi connectivity index (χ1n) is 16.1. The largest absolute Gasteiger partial charge is 0.508 e. The minimum atomic E-state index is -3.11. The summed E-state index contributed by atoms with van der Waals surface area (Å²) in [6.07, 6.45) is 0.780. The second-order valence-electron chi connectivity index (χ2n) is 11.4. The van der Waals surface area contributed by atoms with Gasteiger partial charge in [-0.05, 0) is 47.1 Å². The quantitative estimate of drug-likeness (QED) is 0.0634. The summed E-state index contributed by atoms with van der Waals surface area (Å²) in [7, 11) is 0. The van der Waals surface area contributed by atoms with Crippen molar-refractivity contribution >= 4 is 74.3 Å². The van der Waals surface area contributed by atoms with E-state index in [2.05, 4.69) is 13.2 Å². The Hall–Kier alpha value is -5.31. The van der Waals surface area contributed by atoms with Gasteiger partial charge >= 0.3 is 12.1 Å². The summed E-state index contributed by atoms with van der Waals surface area (Å²) in [4.78, 5) is 55.0. The van der Waals surface area contributed by atoms with Crippen molar-refractivity contribution in [3.63, 3.8) is 0 Å². The fourth-order valence-corrected chi connectivity index (χ4v) is 11.4. The molecule has 3 aromatic carbocycles. The first kappa shape index (κ1) is 37.0. The van der Waals surface area contributed by atoms with Crippen LogP contribution in [0.3, 0.4) is 0 Å². The van der Waals surface area contributed by atoms with Gasteiger partial charge in [0.15, 0.2) is 9.86 Å². The Morgan fingerprint density at radius 1 is 0.804 bits per heavy atom. The number of hydrogen-bond acceptors (Lipinski definition) is 9. The van der Waals surface area contributed by atoms with Gasteiger partial charge in [-0.3, -0.25) is 9.59 Å². The number of benzene rings is 4. The first-order chi connectivity index (χ1) is 24.7. The first-order valence-corrected chi connectivity index (χ1v) is 18.7. The van der Waals surface area contributed by atoms with Crippen molar-refractivity contribution in [3.8, 4) is 0 Å². The Labute approximate surface area is 301 Å². The van der Waals surface area contributed by atoms with Crippen LogP contribution >= 0.6 is 18.6 Å². The van der Waals surface area contributed by atoms with Gasteiger partial charge in [-0.25, -0.2) is 9.59 Å². The molecule has 2 bridgehead atoms. The molecule has 2 atom stereocenters. The highest BCUT2D eigenvalue weighted by atomic mass is 32.2. The predicted octanol–water partition coefficient (Wildman–Crippen LogP) is 6.30. The summed E-state index contributed by atoms with van der Waals surface area (Å²) in [5.41, 5.74) is 2.08. The van der Waals surface area contributed by atoms with E-state index in [1.807, 2.05) is 115 Å². The molecule has 0 saturated carbocycles. The van der Waals surface area contributed by atoms with Crippen molar-refractivity contribution in [1.29, 1.82) is 0 Å². The lowest BCUT2D eigenvalue weighted by Gasteiger charge is -2.51. The average molecular weight is 724 g/mol. The second-order valence-corrected chi connectivity index (χ2v) is 16.3. The van der Waals surface area contributed by atoms with E-state index in [9.17, 15) is 19.2 Å². The van der Waals surface area contributed by atoms with Gasteiger partial charge in [-0.1, -0.05) is 128 Å². The highest BCUT2D eigenvalue weighted by Crippen LogP contribution is 2.51. The standard InChI is InChI=1S/C34H34NO7PS.C6H4O/c1-5-22-40-31(37)30(35-24-34(32(35)38,44-26(4)36)25(3)42-33(39)41-23-6-2)43(27-16-10-7-11-17-27,28-18-12-8-13-19-28)29-20-14-9-15-21-29;1-2-6-4-3-5(1)7-6/h5-21,25H,1-2,22-24H2,3-4H3;1-4H/t25-,34+;/m1./s1. The molecule has 1 saturated heterocycles. The van der Waals surface area contributed by atoms with Gasteiger partial charge in [0, 0.05) is 13.8 Å². The van der Waals surface area contributed by atoms with Gasteiger partial charge < -0.3 is 23.5 Å². The number of thioether (sulfide) groups is 1. The lowest BCUT2D eigenvalue weighted by atomic mass is 9.91. The molecule has 1 amide bonds. The van der Waals surface area contributed by atoms with Crippen LogP contribution in [0.2, 0.25) is 0 Å². The maximum absolute atomic E-state index is 14.5. The lowest BCUT2D eigenvalue weighted by molar-refractivity contribution is -0.147. The van der Waals surface area contributed by atoms with E-state index in [0.29, 0.717) is 0 Å². The van der Waals surface area contributed by atoms with Crippen LogP contribution in [0.4, 0.5) is 4.79 Å². The molecule has 0 N–H and O–H groups in total. The third-order valence-electron chi connectivity index (χ3n) is 8.15. The monoisotopic (exact) mass is 723 g/mol. The minimum Gasteiger partial charge on any atom is -0.457 e. The summed E-state index contributed by atoms with van der Waals surface area (Å²) >= 11 is 0.767. The van der Waals surface area contributed by atoms with Crippen LogP contribution in [-0.2, 0) is 28.6 Å². The third kappa shape index (κ3) is 7.72. The summed E-state index contributed by atoms with van der Waals surface area (Å²) in [6.45, 7) is 6.70. The molecule has 9 nitrogen and oxygen atoms in total. The number of fused-ring (bicyclic) bond motifs is 2. The molecular formula is C40H38NO8PS. The molecule has 262 valence electrons. The van der Waals surface area contributed by atoms with E-state index in [-0.39, 0.29) is 30.3 Å². The normalized spacial score (nSPS) is 15.8. The number of furan rings is 2. The second kappa shape index (κ2) is 16.6. The predicted molar refractivity (Wildman–Crippen MR) is 204 cm³/mol. The van der Waals surface area contributed by atoms with Crippen molar-refractivity contribution < 1.29 is 37.8 Å². The number of amides is 1. The van der Waals surface area contributed by atoms with Gasteiger partial charge in [0.25, 0.3) is 0 Å². The lowest BCUT2D eigenvalue weighted by Crippen LogP contribution is -2.73. The number of carbonyl (C=O) groups is 4. The van der Waals surface area contributed by atoms with Gasteiger partial charge in [0.2, 0.25) is 5.91 Å². The molecule has 11 heteroatoms. The molecule has 0 unspecified atom stereocenters. The van der Waals surface area contributed by atoms with E-state index >= 15 is 0 Å². The molecule has 0 spiro atoms. The van der Waals surface area contributed by atoms with Crippen molar-refractivity contribution in [1.82, 2.24) is 4.90 Å². The van der Waals surface area contributed by atoms with Crippen molar-refractivity contribution in [2.75, 3.05) is 19.8 Å². The Balaban J connectivity index is 0.000000632. The Morgan fingerprint density at radius 2 is 1.25 bits per heavy atom. The molecule has 5 aromatic rings. The van der Waals surface area contributed by atoms with Gasteiger partial charge in [0.05, 0.1) is 6.54 Å². The summed E-state index contributed by atoms with van der Waals surface area (Å²) in [5, 5.41) is 2.12. The minimum absolute atomic E-state index is 0.0786. The van der Waals surface area contributed by atoms with E-state index in [1.165, 1.54) is 30.9 Å². The Kier molecular flexibility index (Phi) is 12.0. The SMILES string of the molecule is C=CCOC(=O)O[C@H](C)[C@@]1(SC(C)=O)CN(C(C(=O)OCC=C)=P(c2ccccc2)(c2ccccc2)c2ccccc2)C1=O.c1cc2ccc1o2. The molecule has 1 aliphatic rings. The fourth-order valence-electron chi connectivity index (χ4n) is 5.91.